The molecule has 0 amide bonds. The second-order valence-electron chi connectivity index (χ2n) is 6.12. The Labute approximate surface area is 144 Å². The first kappa shape index (κ1) is 20.0. The third-order valence-electron chi connectivity index (χ3n) is 3.51. The number of methoxy groups -OCH3 is 1. The van der Waals surface area contributed by atoms with E-state index < -0.39 is 0 Å². The maximum absolute atomic E-state index is 11.7. The van der Waals surface area contributed by atoms with Gasteiger partial charge in [0.25, 0.3) is 0 Å². The van der Waals surface area contributed by atoms with Crippen LogP contribution in [0, 0.1) is 5.92 Å². The molecule has 0 fully saturated rings. The number of benzene rings is 1. The highest BCUT2D eigenvalue weighted by Crippen LogP contribution is 2.12. The predicted octanol–water partition coefficient (Wildman–Crippen LogP) is 3.89. The first-order valence-corrected chi connectivity index (χ1v) is 8.45. The van der Waals surface area contributed by atoms with E-state index in [0.717, 1.165) is 24.2 Å². The highest BCUT2D eigenvalue weighted by Gasteiger charge is 2.08. The molecule has 5 heteroatoms. The molecule has 0 saturated carbocycles. The number of ether oxygens (including phenoxy) is 3. The van der Waals surface area contributed by atoms with Gasteiger partial charge in [-0.05, 0) is 42.9 Å². The molecule has 0 aromatic heterocycles. The van der Waals surface area contributed by atoms with Crippen molar-refractivity contribution in [2.75, 3.05) is 13.7 Å². The van der Waals surface area contributed by atoms with E-state index >= 15 is 0 Å². The van der Waals surface area contributed by atoms with Crippen LogP contribution in [0.4, 0.5) is 0 Å². The second kappa shape index (κ2) is 11.5. The van der Waals surface area contributed by atoms with Crippen molar-refractivity contribution in [2.45, 2.75) is 52.6 Å². The highest BCUT2D eigenvalue weighted by molar-refractivity contribution is 5.72. The van der Waals surface area contributed by atoms with Gasteiger partial charge in [0.1, 0.15) is 12.4 Å². The molecule has 5 nitrogen and oxygen atoms in total. The molecule has 0 N–H and O–H groups in total. The Morgan fingerprint density at radius 2 is 1.58 bits per heavy atom. The van der Waals surface area contributed by atoms with Gasteiger partial charge in [-0.1, -0.05) is 26.0 Å². The Morgan fingerprint density at radius 1 is 0.958 bits per heavy atom. The quantitative estimate of drug-likeness (QED) is 0.453. The molecule has 24 heavy (non-hydrogen) atoms. The zero-order valence-corrected chi connectivity index (χ0v) is 14.9. The predicted molar refractivity (Wildman–Crippen MR) is 91.7 cm³/mol. The van der Waals surface area contributed by atoms with Crippen LogP contribution in [-0.4, -0.2) is 25.7 Å². The average molecular weight is 336 g/mol. The summed E-state index contributed by atoms with van der Waals surface area (Å²) in [4.78, 5) is 23.2. The number of rotatable bonds is 11. The molecule has 1 aromatic rings. The van der Waals surface area contributed by atoms with Gasteiger partial charge < -0.3 is 14.2 Å². The topological polar surface area (TPSA) is 61.8 Å². The lowest BCUT2D eigenvalue weighted by Crippen LogP contribution is -2.09. The molecule has 134 valence electrons. The molecule has 0 atom stereocenters. The van der Waals surface area contributed by atoms with Crippen LogP contribution in [0.25, 0.3) is 0 Å². The van der Waals surface area contributed by atoms with Crippen molar-refractivity contribution in [3.8, 4) is 5.75 Å². The molecule has 0 unspecified atom stereocenters. The van der Waals surface area contributed by atoms with E-state index in [1.165, 1.54) is 0 Å². The largest absolute Gasteiger partial charge is 0.497 e. The van der Waals surface area contributed by atoms with Gasteiger partial charge in [-0.15, -0.1) is 0 Å². The Hall–Kier alpha value is -2.04. The Balaban J connectivity index is 2.09. The van der Waals surface area contributed by atoms with Crippen LogP contribution in [0.5, 0.6) is 5.75 Å². The van der Waals surface area contributed by atoms with Gasteiger partial charge in [-0.25, -0.2) is 0 Å². The summed E-state index contributed by atoms with van der Waals surface area (Å²) >= 11 is 0. The molecule has 0 spiro atoms. The van der Waals surface area contributed by atoms with E-state index in [1.807, 2.05) is 24.3 Å². The van der Waals surface area contributed by atoms with Crippen molar-refractivity contribution in [2.24, 2.45) is 5.92 Å². The summed E-state index contributed by atoms with van der Waals surface area (Å²) in [6.45, 7) is 4.96. The van der Waals surface area contributed by atoms with Crippen LogP contribution in [-0.2, 0) is 25.7 Å². The molecular weight excluding hydrogens is 308 g/mol. The van der Waals surface area contributed by atoms with Gasteiger partial charge in [0.2, 0.25) is 0 Å². The summed E-state index contributed by atoms with van der Waals surface area (Å²) in [5, 5.41) is 0. The first-order valence-electron chi connectivity index (χ1n) is 8.45. The summed E-state index contributed by atoms with van der Waals surface area (Å²) in [7, 11) is 1.60. The highest BCUT2D eigenvalue weighted by atomic mass is 16.5. The number of carbonyl (C=O) groups excluding carboxylic acids is 2. The smallest absolute Gasteiger partial charge is 0.306 e. The molecule has 0 aliphatic carbocycles. The lowest BCUT2D eigenvalue weighted by atomic mass is 10.1. The monoisotopic (exact) mass is 336 g/mol. The zero-order valence-electron chi connectivity index (χ0n) is 14.9. The van der Waals surface area contributed by atoms with Crippen molar-refractivity contribution in [3.05, 3.63) is 29.8 Å². The Kier molecular flexibility index (Phi) is 9.58. The van der Waals surface area contributed by atoms with Gasteiger partial charge in [0, 0.05) is 12.8 Å². The van der Waals surface area contributed by atoms with Gasteiger partial charge in [-0.2, -0.15) is 0 Å². The molecule has 0 bridgehead atoms. The van der Waals surface area contributed by atoms with Crippen molar-refractivity contribution < 1.29 is 23.8 Å². The minimum absolute atomic E-state index is 0.219. The third kappa shape index (κ3) is 9.18. The molecule has 0 radical (unpaired) electrons. The fraction of sp³-hybridized carbons (Fsp3) is 0.579. The molecule has 1 aromatic carbocycles. The van der Waals surface area contributed by atoms with Crippen molar-refractivity contribution >= 4 is 11.9 Å². The van der Waals surface area contributed by atoms with E-state index in [1.54, 1.807) is 7.11 Å². The summed E-state index contributed by atoms with van der Waals surface area (Å²) in [5.74, 6) is 0.821. The summed E-state index contributed by atoms with van der Waals surface area (Å²) in [6.07, 6.45) is 2.85. The van der Waals surface area contributed by atoms with E-state index in [9.17, 15) is 9.59 Å². The summed E-state index contributed by atoms with van der Waals surface area (Å²) in [6, 6.07) is 7.33. The SMILES string of the molecule is COc1ccc(COC(=O)CCCC(=O)OCCCC(C)C)cc1. The maximum Gasteiger partial charge on any atom is 0.306 e. The number of esters is 2. The van der Waals surface area contributed by atoms with E-state index in [0.29, 0.717) is 18.9 Å². The average Bonchev–Trinajstić information content (AvgIpc) is 2.57. The standard InChI is InChI=1S/C19H28O5/c1-15(2)6-5-13-23-18(20)7-4-8-19(21)24-14-16-9-11-17(22-3)12-10-16/h9-12,15H,4-8,13-14H2,1-3H3. The van der Waals surface area contributed by atoms with Crippen LogP contribution in [0.3, 0.4) is 0 Å². The second-order valence-corrected chi connectivity index (χ2v) is 6.12. The number of hydrogen-bond donors (Lipinski definition) is 0. The molecule has 0 heterocycles. The summed E-state index contributed by atoms with van der Waals surface area (Å²) in [5.41, 5.74) is 0.897. The lowest BCUT2D eigenvalue weighted by molar-refractivity contribution is -0.146. The minimum atomic E-state index is -0.307. The van der Waals surface area contributed by atoms with Gasteiger partial charge in [0.15, 0.2) is 0 Å². The molecule has 0 aliphatic rings. The van der Waals surface area contributed by atoms with Crippen LogP contribution < -0.4 is 4.74 Å². The normalized spacial score (nSPS) is 10.5. The fourth-order valence-electron chi connectivity index (χ4n) is 2.08. The van der Waals surface area contributed by atoms with Gasteiger partial charge in [0.05, 0.1) is 13.7 Å². The fourth-order valence-corrected chi connectivity index (χ4v) is 2.08. The van der Waals surface area contributed by atoms with E-state index in [4.69, 9.17) is 14.2 Å². The van der Waals surface area contributed by atoms with Crippen LogP contribution >= 0.6 is 0 Å². The molecule has 0 aliphatic heterocycles. The van der Waals surface area contributed by atoms with Crippen molar-refractivity contribution in [1.29, 1.82) is 0 Å². The maximum atomic E-state index is 11.7. The Bertz CT molecular complexity index is 493. The van der Waals surface area contributed by atoms with E-state index in [-0.39, 0.29) is 31.4 Å². The van der Waals surface area contributed by atoms with Gasteiger partial charge in [-0.3, -0.25) is 9.59 Å². The van der Waals surface area contributed by atoms with Crippen molar-refractivity contribution in [3.63, 3.8) is 0 Å². The van der Waals surface area contributed by atoms with E-state index in [2.05, 4.69) is 13.8 Å². The van der Waals surface area contributed by atoms with Crippen LogP contribution in [0.1, 0.15) is 51.5 Å². The molecule has 0 saturated heterocycles. The van der Waals surface area contributed by atoms with Crippen molar-refractivity contribution in [1.82, 2.24) is 0 Å². The number of carbonyl (C=O) groups is 2. The Morgan fingerprint density at radius 3 is 2.17 bits per heavy atom. The third-order valence-corrected chi connectivity index (χ3v) is 3.51. The zero-order chi connectivity index (χ0) is 17.8. The van der Waals surface area contributed by atoms with Crippen LogP contribution in [0.2, 0.25) is 0 Å². The number of hydrogen-bond acceptors (Lipinski definition) is 5. The lowest BCUT2D eigenvalue weighted by Gasteiger charge is -2.07. The van der Waals surface area contributed by atoms with Crippen LogP contribution in [0.15, 0.2) is 24.3 Å². The minimum Gasteiger partial charge on any atom is -0.497 e. The summed E-state index contributed by atoms with van der Waals surface area (Å²) < 4.78 is 15.4. The van der Waals surface area contributed by atoms with Gasteiger partial charge >= 0.3 is 11.9 Å². The molecular formula is C19H28O5. The first-order chi connectivity index (χ1) is 11.5. The molecule has 1 rings (SSSR count).